The minimum atomic E-state index is -0.0613. The molecule has 18 heavy (non-hydrogen) atoms. The molecule has 0 spiro atoms. The molecule has 0 aliphatic carbocycles. The Morgan fingerprint density at radius 1 is 1.11 bits per heavy atom. The summed E-state index contributed by atoms with van der Waals surface area (Å²) in [6.45, 7) is 6.52. The van der Waals surface area contributed by atoms with Crippen molar-refractivity contribution in [2.24, 2.45) is 0 Å². The van der Waals surface area contributed by atoms with E-state index in [1.807, 2.05) is 0 Å². The monoisotopic (exact) mass is 342 g/mol. The average molecular weight is 344 g/mol. The molecule has 0 N–H and O–H groups in total. The number of benzene rings is 1. The van der Waals surface area contributed by atoms with Gasteiger partial charge in [-0.3, -0.25) is 0 Å². The van der Waals surface area contributed by atoms with E-state index in [9.17, 15) is 0 Å². The van der Waals surface area contributed by atoms with Crippen LogP contribution in [0.5, 0.6) is 0 Å². The van der Waals surface area contributed by atoms with Gasteiger partial charge in [0.25, 0.3) is 0 Å². The van der Waals surface area contributed by atoms with Gasteiger partial charge in [0.15, 0.2) is 0 Å². The summed E-state index contributed by atoms with van der Waals surface area (Å²) in [6, 6.07) is 10.7. The van der Waals surface area contributed by atoms with Gasteiger partial charge in [0.1, 0.15) is 0 Å². The lowest BCUT2D eigenvalue weighted by molar-refractivity contribution is 0.865. The largest absolute Gasteiger partial charge is 0.133 e. The third kappa shape index (κ3) is 2.98. The highest BCUT2D eigenvalue weighted by Crippen LogP contribution is 2.37. The van der Waals surface area contributed by atoms with Crippen molar-refractivity contribution in [2.75, 3.05) is 0 Å². The first-order valence-corrected chi connectivity index (χ1v) is 8.03. The minimum Gasteiger partial charge on any atom is -0.133 e. The topological polar surface area (TPSA) is 0 Å². The maximum absolute atomic E-state index is 6.57. The summed E-state index contributed by atoms with van der Waals surface area (Å²) in [5, 5.41) is -0.0613. The van der Waals surface area contributed by atoms with E-state index >= 15 is 0 Å². The zero-order valence-electron chi connectivity index (χ0n) is 10.7. The van der Waals surface area contributed by atoms with Crippen LogP contribution in [0.3, 0.4) is 0 Å². The summed E-state index contributed by atoms with van der Waals surface area (Å²) in [7, 11) is 0. The van der Waals surface area contributed by atoms with Crippen molar-refractivity contribution in [1.29, 1.82) is 0 Å². The lowest BCUT2D eigenvalue weighted by Crippen LogP contribution is -1.94. The zero-order valence-corrected chi connectivity index (χ0v) is 13.9. The Balaban J connectivity index is 2.28. The van der Waals surface area contributed by atoms with E-state index in [4.69, 9.17) is 11.6 Å². The molecule has 0 aliphatic heterocycles. The average Bonchev–Trinajstić information content (AvgIpc) is 2.67. The predicted octanol–water partition coefficient (Wildman–Crippen LogP) is 6.27. The minimum absolute atomic E-state index is 0.0613. The van der Waals surface area contributed by atoms with E-state index in [1.54, 1.807) is 11.3 Å². The molecule has 2 rings (SSSR count). The molecule has 1 aromatic carbocycles. The predicted molar refractivity (Wildman–Crippen MR) is 85.0 cm³/mol. The van der Waals surface area contributed by atoms with Crippen LogP contribution in [-0.4, -0.2) is 0 Å². The van der Waals surface area contributed by atoms with Gasteiger partial charge in [0.05, 0.1) is 9.16 Å². The van der Waals surface area contributed by atoms with Crippen LogP contribution < -0.4 is 0 Å². The number of thiophene rings is 1. The molecule has 0 saturated heterocycles. The van der Waals surface area contributed by atoms with Gasteiger partial charge >= 0.3 is 0 Å². The van der Waals surface area contributed by atoms with Crippen molar-refractivity contribution in [2.45, 2.75) is 32.1 Å². The van der Waals surface area contributed by atoms with Crippen LogP contribution in [0.4, 0.5) is 0 Å². The summed E-state index contributed by atoms with van der Waals surface area (Å²) in [5.41, 5.74) is 3.71. The number of hydrogen-bond acceptors (Lipinski definition) is 1. The van der Waals surface area contributed by atoms with Gasteiger partial charge in [0.2, 0.25) is 0 Å². The lowest BCUT2D eigenvalue weighted by atomic mass is 9.99. The van der Waals surface area contributed by atoms with Crippen molar-refractivity contribution in [3.8, 4) is 0 Å². The van der Waals surface area contributed by atoms with E-state index in [-0.39, 0.29) is 5.38 Å². The van der Waals surface area contributed by atoms with Crippen LogP contribution in [0.1, 0.15) is 46.7 Å². The highest BCUT2D eigenvalue weighted by atomic mass is 79.9. The number of aryl methyl sites for hydroxylation is 1. The van der Waals surface area contributed by atoms with Crippen LogP contribution in [0.2, 0.25) is 0 Å². The molecular formula is C15H16BrClS. The molecular weight excluding hydrogens is 328 g/mol. The van der Waals surface area contributed by atoms with Crippen molar-refractivity contribution in [1.82, 2.24) is 0 Å². The Labute approximate surface area is 126 Å². The van der Waals surface area contributed by atoms with Gasteiger partial charge in [-0.05, 0) is 51.5 Å². The first-order valence-electron chi connectivity index (χ1n) is 5.98. The molecule has 0 amide bonds. The first kappa shape index (κ1) is 14.1. The van der Waals surface area contributed by atoms with E-state index in [0.717, 1.165) is 9.35 Å². The smallest absolute Gasteiger partial charge is 0.0846 e. The zero-order chi connectivity index (χ0) is 13.3. The molecule has 1 unspecified atom stereocenters. The summed E-state index contributed by atoms with van der Waals surface area (Å²) >= 11 is 11.8. The van der Waals surface area contributed by atoms with Crippen LogP contribution in [0.15, 0.2) is 34.1 Å². The maximum Gasteiger partial charge on any atom is 0.0846 e. The van der Waals surface area contributed by atoms with E-state index in [1.165, 1.54) is 16.0 Å². The van der Waals surface area contributed by atoms with Gasteiger partial charge < -0.3 is 0 Å². The second kappa shape index (κ2) is 5.77. The third-order valence-electron chi connectivity index (χ3n) is 3.09. The van der Waals surface area contributed by atoms with Crippen LogP contribution in [-0.2, 0) is 0 Å². The van der Waals surface area contributed by atoms with E-state index in [2.05, 4.69) is 67.0 Å². The highest BCUT2D eigenvalue weighted by Gasteiger charge is 2.15. The molecule has 1 atom stereocenters. The Kier molecular flexibility index (Phi) is 4.52. The fourth-order valence-electron chi connectivity index (χ4n) is 1.94. The van der Waals surface area contributed by atoms with Gasteiger partial charge in [-0.1, -0.05) is 38.1 Å². The van der Waals surface area contributed by atoms with Crippen LogP contribution in [0, 0.1) is 6.92 Å². The van der Waals surface area contributed by atoms with Crippen molar-refractivity contribution < 1.29 is 0 Å². The molecule has 0 saturated carbocycles. The van der Waals surface area contributed by atoms with Gasteiger partial charge in [-0.25, -0.2) is 0 Å². The van der Waals surface area contributed by atoms with Crippen molar-refractivity contribution in [3.63, 3.8) is 0 Å². The molecule has 96 valence electrons. The molecule has 0 bridgehead atoms. The summed E-state index contributed by atoms with van der Waals surface area (Å²) in [4.78, 5) is 1.27. The first-order chi connectivity index (χ1) is 8.49. The third-order valence-corrected chi connectivity index (χ3v) is 5.15. The summed E-state index contributed by atoms with van der Waals surface area (Å²) in [5.74, 6) is 0.560. The SMILES string of the molecule is Cc1sc(Br)cc1C(Cl)c1ccc(C(C)C)cc1. The molecule has 0 fully saturated rings. The number of halogens is 2. The normalized spacial score (nSPS) is 13.0. The van der Waals surface area contributed by atoms with Gasteiger partial charge in [0, 0.05) is 4.88 Å². The molecule has 0 nitrogen and oxygen atoms in total. The molecule has 2 aromatic rings. The molecule has 0 aliphatic rings. The van der Waals surface area contributed by atoms with Gasteiger partial charge in [-0.2, -0.15) is 0 Å². The lowest BCUT2D eigenvalue weighted by Gasteiger charge is -2.12. The Morgan fingerprint density at radius 3 is 2.11 bits per heavy atom. The Bertz CT molecular complexity index is 528. The second-order valence-corrected chi connectivity index (χ2v) is 7.82. The fraction of sp³-hybridized carbons (Fsp3) is 0.333. The molecule has 0 radical (unpaired) electrons. The van der Waals surface area contributed by atoms with Crippen molar-refractivity contribution >= 4 is 38.9 Å². The Hall–Kier alpha value is -0.310. The molecule has 3 heteroatoms. The Morgan fingerprint density at radius 2 is 1.67 bits per heavy atom. The number of hydrogen-bond donors (Lipinski definition) is 0. The number of rotatable bonds is 3. The van der Waals surface area contributed by atoms with Gasteiger partial charge in [-0.15, -0.1) is 22.9 Å². The maximum atomic E-state index is 6.57. The van der Waals surface area contributed by atoms with Crippen molar-refractivity contribution in [3.05, 3.63) is 55.7 Å². The molecule has 1 heterocycles. The van der Waals surface area contributed by atoms with E-state index < -0.39 is 0 Å². The standard InChI is InChI=1S/C15H16BrClS/c1-9(2)11-4-6-12(7-5-11)15(17)13-8-14(16)18-10(13)3/h4-9,15H,1-3H3. The van der Waals surface area contributed by atoms with Crippen LogP contribution >= 0.6 is 38.9 Å². The quantitative estimate of drug-likeness (QED) is 0.576. The highest BCUT2D eigenvalue weighted by molar-refractivity contribution is 9.11. The summed E-state index contributed by atoms with van der Waals surface area (Å²) in [6.07, 6.45) is 0. The molecule has 1 aromatic heterocycles. The number of alkyl halides is 1. The fourth-order valence-corrected chi connectivity index (χ4v) is 4.12. The second-order valence-electron chi connectivity index (χ2n) is 4.75. The summed E-state index contributed by atoms with van der Waals surface area (Å²) < 4.78 is 1.14. The van der Waals surface area contributed by atoms with Crippen LogP contribution in [0.25, 0.3) is 0 Å². The van der Waals surface area contributed by atoms with E-state index in [0.29, 0.717) is 5.92 Å².